The highest BCUT2D eigenvalue weighted by molar-refractivity contribution is 8.14. The number of hydrogen-bond donors (Lipinski definition) is 5. The zero-order chi connectivity index (χ0) is 40.2. The lowest BCUT2D eigenvalue weighted by atomic mass is 9.74. The number of piperidine rings is 1. The molecule has 6 amide bonds. The quantitative estimate of drug-likeness (QED) is 0.0960. The summed E-state index contributed by atoms with van der Waals surface area (Å²) in [6.45, 7) is 5.96. The Morgan fingerprint density at radius 2 is 1.43 bits per heavy atom. The maximum atomic E-state index is 14.4. The average Bonchev–Trinajstić information content (AvgIpc) is 3.19. The SMILES string of the molecule is CCNC(=O)[C@]1(Cc2ccccc2)CCCN(C(=O)C(Cc2ccc3ccccc3c2)NC(=O)NCCCCNC(=O)CCCCCNC(=O)CSC(C)=O)C1. The number of carbonyl (C=O) groups excluding carboxylic acids is 6. The number of thioether (sulfide) groups is 1. The molecule has 4 rings (SSSR count). The molecule has 3 aromatic rings. The molecule has 1 aliphatic heterocycles. The van der Waals surface area contributed by atoms with E-state index in [-0.39, 0.29) is 41.0 Å². The smallest absolute Gasteiger partial charge is 0.315 e. The Balaban J connectivity index is 1.27. The summed E-state index contributed by atoms with van der Waals surface area (Å²) < 4.78 is 0. The maximum Gasteiger partial charge on any atom is 0.315 e. The predicted molar refractivity (Wildman–Crippen MR) is 222 cm³/mol. The Morgan fingerprint density at radius 3 is 2.16 bits per heavy atom. The van der Waals surface area contributed by atoms with Crippen molar-refractivity contribution in [3.8, 4) is 0 Å². The molecule has 0 bridgehead atoms. The highest BCUT2D eigenvalue weighted by Gasteiger charge is 2.44. The summed E-state index contributed by atoms with van der Waals surface area (Å²) in [5, 5.41) is 16.6. The number of urea groups is 1. The van der Waals surface area contributed by atoms with Crippen LogP contribution in [-0.4, -0.2) is 90.7 Å². The van der Waals surface area contributed by atoms with Crippen molar-refractivity contribution in [2.45, 2.75) is 84.1 Å². The minimum Gasteiger partial charge on any atom is -0.356 e. The Labute approximate surface area is 335 Å². The lowest BCUT2D eigenvalue weighted by Gasteiger charge is -2.43. The second kappa shape index (κ2) is 23.2. The molecule has 1 unspecified atom stereocenters. The number of likely N-dealkylation sites (tertiary alicyclic amines) is 1. The number of carbonyl (C=O) groups is 6. The van der Waals surface area contributed by atoms with Crippen LogP contribution in [0.5, 0.6) is 0 Å². The number of nitrogens with one attached hydrogen (secondary N) is 5. The van der Waals surface area contributed by atoms with Gasteiger partial charge in [-0.15, -0.1) is 0 Å². The number of amides is 6. The van der Waals surface area contributed by atoms with Gasteiger partial charge in [-0.1, -0.05) is 91.0 Å². The van der Waals surface area contributed by atoms with Crippen LogP contribution in [0, 0.1) is 5.41 Å². The molecular formula is C43H58N6O6S. The molecule has 3 aromatic carbocycles. The molecule has 0 radical (unpaired) electrons. The van der Waals surface area contributed by atoms with Gasteiger partial charge in [-0.2, -0.15) is 0 Å². The molecule has 13 heteroatoms. The van der Waals surface area contributed by atoms with Crippen molar-refractivity contribution in [1.29, 1.82) is 0 Å². The molecule has 56 heavy (non-hydrogen) atoms. The van der Waals surface area contributed by atoms with E-state index in [4.69, 9.17) is 0 Å². The van der Waals surface area contributed by atoms with Gasteiger partial charge in [0.05, 0.1) is 11.2 Å². The van der Waals surface area contributed by atoms with Crippen LogP contribution in [0.25, 0.3) is 10.8 Å². The van der Waals surface area contributed by atoms with E-state index in [2.05, 4.69) is 26.6 Å². The van der Waals surface area contributed by atoms with Gasteiger partial charge in [-0.05, 0) is 73.8 Å². The standard InChI is InChI=1S/C43H58N6O6S/c1-3-44-41(54)43(29-33-15-6-4-7-16-33)22-14-26-49(31-43)40(53)37(28-34-20-21-35-17-9-10-18-36(35)27-34)48-42(55)47-25-13-12-24-45-38(51)19-8-5-11-23-46-39(52)30-56-32(2)50/h4,6-7,9-10,15-18,20-21,27,37H,3,5,8,11-14,19,22-26,28-31H2,1-2H3,(H,44,54)(H,45,51)(H,46,52)(H2,47,48,55)/t37?,43-/m0/s1. The van der Waals surface area contributed by atoms with Crippen LogP contribution in [0.2, 0.25) is 0 Å². The lowest BCUT2D eigenvalue weighted by molar-refractivity contribution is -0.143. The van der Waals surface area contributed by atoms with Crippen molar-refractivity contribution in [1.82, 2.24) is 31.5 Å². The molecule has 0 aromatic heterocycles. The monoisotopic (exact) mass is 786 g/mol. The van der Waals surface area contributed by atoms with E-state index in [9.17, 15) is 28.8 Å². The van der Waals surface area contributed by atoms with Crippen molar-refractivity contribution in [3.05, 3.63) is 83.9 Å². The van der Waals surface area contributed by atoms with E-state index in [0.717, 1.165) is 46.5 Å². The summed E-state index contributed by atoms with van der Waals surface area (Å²) in [6, 6.07) is 22.7. The summed E-state index contributed by atoms with van der Waals surface area (Å²) in [6.07, 6.45) is 6.12. The number of rotatable bonds is 21. The molecule has 1 aliphatic rings. The largest absolute Gasteiger partial charge is 0.356 e. The first-order chi connectivity index (χ1) is 27.1. The first-order valence-electron chi connectivity index (χ1n) is 19.9. The minimum absolute atomic E-state index is 0.0367. The Kier molecular flexibility index (Phi) is 18.2. The first-order valence-corrected chi connectivity index (χ1v) is 20.9. The van der Waals surface area contributed by atoms with Gasteiger partial charge in [0.15, 0.2) is 5.12 Å². The number of nitrogens with zero attached hydrogens (tertiary/aromatic N) is 1. The van der Waals surface area contributed by atoms with E-state index < -0.39 is 17.5 Å². The van der Waals surface area contributed by atoms with E-state index in [0.29, 0.717) is 84.1 Å². The van der Waals surface area contributed by atoms with E-state index >= 15 is 0 Å². The summed E-state index contributed by atoms with van der Waals surface area (Å²) in [5.41, 5.74) is 1.17. The normalized spacial score (nSPS) is 15.7. The third-order valence-corrected chi connectivity index (χ3v) is 10.8. The van der Waals surface area contributed by atoms with Crippen molar-refractivity contribution in [3.63, 3.8) is 0 Å². The molecule has 302 valence electrons. The number of benzene rings is 3. The van der Waals surface area contributed by atoms with Crippen molar-refractivity contribution in [2.75, 3.05) is 45.0 Å². The summed E-state index contributed by atoms with van der Waals surface area (Å²) in [7, 11) is 0. The van der Waals surface area contributed by atoms with Crippen molar-refractivity contribution < 1.29 is 28.8 Å². The van der Waals surface area contributed by atoms with Crippen LogP contribution >= 0.6 is 11.8 Å². The Bertz CT molecular complexity index is 1770. The topological polar surface area (TPSA) is 166 Å². The average molecular weight is 787 g/mol. The molecule has 0 aliphatic carbocycles. The van der Waals surface area contributed by atoms with Gasteiger partial charge < -0.3 is 31.5 Å². The molecular weight excluding hydrogens is 729 g/mol. The van der Waals surface area contributed by atoms with Gasteiger partial charge in [0.25, 0.3) is 0 Å². The second-order valence-electron chi connectivity index (χ2n) is 14.5. The summed E-state index contributed by atoms with van der Waals surface area (Å²) >= 11 is 0.983. The molecule has 2 atom stereocenters. The number of unbranched alkanes of at least 4 members (excludes halogenated alkanes) is 3. The van der Waals surface area contributed by atoms with Crippen LogP contribution in [0.15, 0.2) is 72.8 Å². The molecule has 1 heterocycles. The van der Waals surface area contributed by atoms with Gasteiger partial charge in [-0.25, -0.2) is 4.79 Å². The molecule has 1 fully saturated rings. The molecule has 1 saturated heterocycles. The number of fused-ring (bicyclic) bond motifs is 1. The van der Waals surface area contributed by atoms with Crippen LogP contribution < -0.4 is 26.6 Å². The van der Waals surface area contributed by atoms with Gasteiger partial charge in [0.2, 0.25) is 23.6 Å². The fourth-order valence-electron chi connectivity index (χ4n) is 7.10. The zero-order valence-corrected chi connectivity index (χ0v) is 33.6. The van der Waals surface area contributed by atoms with Crippen molar-refractivity contribution >= 4 is 57.3 Å². The second-order valence-corrected chi connectivity index (χ2v) is 15.7. The summed E-state index contributed by atoms with van der Waals surface area (Å²) in [4.78, 5) is 77.9. The van der Waals surface area contributed by atoms with Crippen molar-refractivity contribution in [2.24, 2.45) is 5.41 Å². The van der Waals surface area contributed by atoms with Crippen LogP contribution in [0.3, 0.4) is 0 Å². The molecule has 12 nitrogen and oxygen atoms in total. The maximum absolute atomic E-state index is 14.4. The van der Waals surface area contributed by atoms with Crippen LogP contribution in [-0.2, 0) is 36.8 Å². The van der Waals surface area contributed by atoms with Gasteiger partial charge >= 0.3 is 6.03 Å². The van der Waals surface area contributed by atoms with Gasteiger partial charge in [0.1, 0.15) is 6.04 Å². The third kappa shape index (κ3) is 14.6. The van der Waals surface area contributed by atoms with Crippen LogP contribution in [0.4, 0.5) is 4.79 Å². The Hall–Kier alpha value is -4.91. The lowest BCUT2D eigenvalue weighted by Crippen LogP contribution is -2.59. The van der Waals surface area contributed by atoms with Crippen LogP contribution in [0.1, 0.15) is 76.3 Å². The highest BCUT2D eigenvalue weighted by atomic mass is 32.2. The molecule has 5 N–H and O–H groups in total. The zero-order valence-electron chi connectivity index (χ0n) is 32.8. The summed E-state index contributed by atoms with van der Waals surface area (Å²) in [5.74, 6) is -0.353. The molecule has 0 spiro atoms. The van der Waals surface area contributed by atoms with Gasteiger partial charge in [0, 0.05) is 59.0 Å². The minimum atomic E-state index is -0.848. The first kappa shape index (κ1) is 43.8. The highest BCUT2D eigenvalue weighted by Crippen LogP contribution is 2.35. The van der Waals surface area contributed by atoms with E-state index in [1.807, 2.05) is 79.7 Å². The third-order valence-electron chi connectivity index (χ3n) is 9.97. The fourth-order valence-corrected chi connectivity index (χ4v) is 7.53. The number of hydrogen-bond acceptors (Lipinski definition) is 7. The predicted octanol–water partition coefficient (Wildman–Crippen LogP) is 4.89. The van der Waals surface area contributed by atoms with Gasteiger partial charge in [-0.3, -0.25) is 24.0 Å². The van der Waals surface area contributed by atoms with E-state index in [1.165, 1.54) is 6.92 Å². The molecule has 0 saturated carbocycles. The Morgan fingerprint density at radius 1 is 0.750 bits per heavy atom. The fraction of sp³-hybridized carbons (Fsp3) is 0.488. The van der Waals surface area contributed by atoms with E-state index in [1.54, 1.807) is 4.90 Å².